The molecule has 4 aromatic rings. The topological polar surface area (TPSA) is 112 Å². The molecule has 1 saturated heterocycles. The van der Waals surface area contributed by atoms with Gasteiger partial charge in [0.2, 0.25) is 5.91 Å². The van der Waals surface area contributed by atoms with Crippen LogP contribution in [0.5, 0.6) is 5.75 Å². The first-order valence-electron chi connectivity index (χ1n) is 13.4. The lowest BCUT2D eigenvalue weighted by Gasteiger charge is -2.41. The SMILES string of the molecule is NC(=O)C1CCCN(CC2CC(n3cc(-c4cccc(OCc5ccccc5)c4)c4c(N)ncnc43)C2)C1. The van der Waals surface area contributed by atoms with Crippen LogP contribution in [-0.2, 0) is 11.4 Å². The molecule has 6 rings (SSSR count). The fourth-order valence-electron chi connectivity index (χ4n) is 6.00. The van der Waals surface area contributed by atoms with Crippen LogP contribution in [0.1, 0.15) is 37.3 Å². The molecule has 38 heavy (non-hydrogen) atoms. The number of hydrogen-bond donors (Lipinski definition) is 2. The Morgan fingerprint density at radius 1 is 1.08 bits per heavy atom. The van der Waals surface area contributed by atoms with Gasteiger partial charge in [0.1, 0.15) is 30.1 Å². The van der Waals surface area contributed by atoms with Crippen LogP contribution in [-0.4, -0.2) is 45.0 Å². The molecule has 0 radical (unpaired) electrons. The van der Waals surface area contributed by atoms with Crippen molar-refractivity contribution in [2.75, 3.05) is 25.4 Å². The van der Waals surface area contributed by atoms with E-state index in [4.69, 9.17) is 16.2 Å². The van der Waals surface area contributed by atoms with Gasteiger partial charge in [-0.1, -0.05) is 42.5 Å². The summed E-state index contributed by atoms with van der Waals surface area (Å²) in [6.45, 7) is 3.37. The molecule has 2 fully saturated rings. The number of nitrogens with zero attached hydrogens (tertiary/aromatic N) is 4. The number of likely N-dealkylation sites (tertiary alicyclic amines) is 1. The highest BCUT2D eigenvalue weighted by Crippen LogP contribution is 2.43. The first-order chi connectivity index (χ1) is 18.5. The van der Waals surface area contributed by atoms with Gasteiger partial charge in [-0.05, 0) is 61.4 Å². The highest BCUT2D eigenvalue weighted by molar-refractivity contribution is 6.00. The molecule has 1 atom stereocenters. The van der Waals surface area contributed by atoms with E-state index in [1.807, 2.05) is 30.3 Å². The van der Waals surface area contributed by atoms with E-state index in [9.17, 15) is 4.79 Å². The minimum atomic E-state index is -0.167. The molecule has 0 spiro atoms. The number of nitrogen functional groups attached to an aromatic ring is 1. The van der Waals surface area contributed by atoms with Crippen LogP contribution < -0.4 is 16.2 Å². The molecular formula is C30H34N6O2. The third-order valence-electron chi connectivity index (χ3n) is 8.06. The molecule has 4 N–H and O–H groups in total. The summed E-state index contributed by atoms with van der Waals surface area (Å²) in [5, 5.41) is 0.886. The van der Waals surface area contributed by atoms with Gasteiger partial charge in [0, 0.05) is 30.9 Å². The van der Waals surface area contributed by atoms with Crippen molar-refractivity contribution < 1.29 is 9.53 Å². The number of primary amides is 1. The normalized spacial score (nSPS) is 21.7. The zero-order chi connectivity index (χ0) is 26.1. The van der Waals surface area contributed by atoms with E-state index < -0.39 is 0 Å². The molecular weight excluding hydrogens is 476 g/mol. The molecule has 0 bridgehead atoms. The number of hydrogen-bond acceptors (Lipinski definition) is 6. The minimum absolute atomic E-state index is 0.0114. The Balaban J connectivity index is 1.19. The summed E-state index contributed by atoms with van der Waals surface area (Å²) in [6, 6.07) is 18.6. The summed E-state index contributed by atoms with van der Waals surface area (Å²) in [4.78, 5) is 23.0. The Morgan fingerprint density at radius 3 is 2.74 bits per heavy atom. The number of fused-ring (bicyclic) bond motifs is 1. The summed E-state index contributed by atoms with van der Waals surface area (Å²) in [5.41, 5.74) is 16.0. The second-order valence-electron chi connectivity index (χ2n) is 10.7. The molecule has 1 saturated carbocycles. The number of nitrogens with two attached hydrogens (primary N) is 2. The predicted molar refractivity (Wildman–Crippen MR) is 148 cm³/mol. The number of rotatable bonds is 8. The first-order valence-corrected chi connectivity index (χ1v) is 13.4. The van der Waals surface area contributed by atoms with Crippen LogP contribution >= 0.6 is 0 Å². The zero-order valence-electron chi connectivity index (χ0n) is 21.5. The van der Waals surface area contributed by atoms with Crippen LogP contribution in [0.15, 0.2) is 67.1 Å². The van der Waals surface area contributed by atoms with Crippen molar-refractivity contribution in [2.45, 2.75) is 38.3 Å². The van der Waals surface area contributed by atoms with Crippen LogP contribution in [0.25, 0.3) is 22.2 Å². The third-order valence-corrected chi connectivity index (χ3v) is 8.06. The van der Waals surface area contributed by atoms with E-state index in [0.29, 0.717) is 24.4 Å². The number of piperidine rings is 1. The highest BCUT2D eigenvalue weighted by atomic mass is 16.5. The molecule has 196 valence electrons. The maximum atomic E-state index is 11.7. The van der Waals surface area contributed by atoms with Gasteiger partial charge in [0.05, 0.1) is 11.3 Å². The van der Waals surface area contributed by atoms with E-state index in [2.05, 4.69) is 49.9 Å². The number of amides is 1. The van der Waals surface area contributed by atoms with Crippen molar-refractivity contribution >= 4 is 22.8 Å². The van der Waals surface area contributed by atoms with Gasteiger partial charge in [0.15, 0.2) is 0 Å². The van der Waals surface area contributed by atoms with E-state index in [0.717, 1.165) is 78.8 Å². The van der Waals surface area contributed by atoms with Gasteiger partial charge < -0.3 is 25.7 Å². The average Bonchev–Trinajstić information content (AvgIpc) is 3.31. The predicted octanol–water partition coefficient (Wildman–Crippen LogP) is 4.41. The standard InChI is InChI=1S/C30H34N6O2/c31-28-27-26(22-8-4-10-25(14-22)38-18-20-6-2-1-3-7-20)17-36(30(27)34-19-33-28)24-12-21(13-24)15-35-11-5-9-23(16-35)29(32)37/h1-4,6-8,10,14,17,19,21,23-24H,5,9,11-13,15-16,18H2,(H2,32,37)(H2,31,33,34). The van der Waals surface area contributed by atoms with Crippen LogP contribution in [0, 0.1) is 11.8 Å². The number of carbonyl (C=O) groups is 1. The van der Waals surface area contributed by atoms with Crippen molar-refractivity contribution in [2.24, 2.45) is 17.6 Å². The molecule has 1 aliphatic carbocycles. The summed E-state index contributed by atoms with van der Waals surface area (Å²) in [5.74, 6) is 1.71. The molecule has 2 aromatic carbocycles. The van der Waals surface area contributed by atoms with Gasteiger partial charge in [-0.15, -0.1) is 0 Å². The quantitative estimate of drug-likeness (QED) is 0.363. The monoisotopic (exact) mass is 510 g/mol. The van der Waals surface area contributed by atoms with Crippen molar-refractivity contribution in [3.8, 4) is 16.9 Å². The smallest absolute Gasteiger partial charge is 0.221 e. The van der Waals surface area contributed by atoms with Crippen LogP contribution in [0.4, 0.5) is 5.82 Å². The lowest BCUT2D eigenvalue weighted by Crippen LogP contribution is -2.45. The molecule has 2 aromatic heterocycles. The molecule has 3 heterocycles. The largest absolute Gasteiger partial charge is 0.489 e. The number of aromatic nitrogens is 3. The highest BCUT2D eigenvalue weighted by Gasteiger charge is 2.35. The van der Waals surface area contributed by atoms with Gasteiger partial charge in [0.25, 0.3) is 0 Å². The van der Waals surface area contributed by atoms with Crippen molar-refractivity contribution in [1.82, 2.24) is 19.4 Å². The Morgan fingerprint density at radius 2 is 1.92 bits per heavy atom. The summed E-state index contributed by atoms with van der Waals surface area (Å²) in [7, 11) is 0. The van der Waals surface area contributed by atoms with E-state index in [1.165, 1.54) is 0 Å². The Labute approximate surface area is 222 Å². The lowest BCUT2D eigenvalue weighted by molar-refractivity contribution is -0.123. The van der Waals surface area contributed by atoms with E-state index in [-0.39, 0.29) is 11.8 Å². The van der Waals surface area contributed by atoms with Gasteiger partial charge in [-0.25, -0.2) is 9.97 Å². The van der Waals surface area contributed by atoms with Gasteiger partial charge in [-0.2, -0.15) is 0 Å². The number of anilines is 1. The fraction of sp³-hybridized carbons (Fsp3) is 0.367. The molecule has 2 aliphatic rings. The summed E-state index contributed by atoms with van der Waals surface area (Å²) < 4.78 is 8.37. The van der Waals surface area contributed by atoms with Crippen LogP contribution in [0.2, 0.25) is 0 Å². The lowest BCUT2D eigenvalue weighted by atomic mass is 9.79. The van der Waals surface area contributed by atoms with Crippen molar-refractivity contribution in [1.29, 1.82) is 0 Å². The Hall–Kier alpha value is -3.91. The second-order valence-corrected chi connectivity index (χ2v) is 10.7. The molecule has 1 unspecified atom stereocenters. The molecule has 8 heteroatoms. The number of carbonyl (C=O) groups excluding carboxylic acids is 1. The van der Waals surface area contributed by atoms with E-state index in [1.54, 1.807) is 6.33 Å². The van der Waals surface area contributed by atoms with Crippen molar-refractivity contribution in [3.05, 3.63) is 72.7 Å². The molecule has 1 aliphatic heterocycles. The van der Waals surface area contributed by atoms with Crippen molar-refractivity contribution in [3.63, 3.8) is 0 Å². The maximum Gasteiger partial charge on any atom is 0.221 e. The maximum absolute atomic E-state index is 11.7. The Kier molecular flexibility index (Phi) is 6.72. The zero-order valence-corrected chi connectivity index (χ0v) is 21.5. The number of ether oxygens (including phenoxy) is 1. The minimum Gasteiger partial charge on any atom is -0.489 e. The molecule has 1 amide bonds. The second kappa shape index (κ2) is 10.5. The summed E-state index contributed by atoms with van der Waals surface area (Å²) >= 11 is 0. The Bertz CT molecular complexity index is 1430. The average molecular weight is 511 g/mol. The molecule has 8 nitrogen and oxygen atoms in total. The van der Waals surface area contributed by atoms with E-state index >= 15 is 0 Å². The third kappa shape index (κ3) is 4.96. The van der Waals surface area contributed by atoms with Crippen LogP contribution in [0.3, 0.4) is 0 Å². The summed E-state index contributed by atoms with van der Waals surface area (Å²) in [6.07, 6.45) is 7.83. The van der Waals surface area contributed by atoms with Gasteiger partial charge >= 0.3 is 0 Å². The number of benzene rings is 2. The fourth-order valence-corrected chi connectivity index (χ4v) is 6.00. The van der Waals surface area contributed by atoms with Gasteiger partial charge in [-0.3, -0.25) is 4.79 Å². The first kappa shape index (κ1) is 24.4.